The quantitative estimate of drug-likeness (QED) is 0.877. The minimum atomic E-state index is -3.19. The molecule has 0 radical (unpaired) electrons. The molecule has 2 aromatic rings. The first kappa shape index (κ1) is 18.0. The van der Waals surface area contributed by atoms with Crippen molar-refractivity contribution in [3.8, 4) is 0 Å². The van der Waals surface area contributed by atoms with Gasteiger partial charge in [0.1, 0.15) is 12.1 Å². The molecule has 8 nitrogen and oxygen atoms in total. The first-order valence-electron chi connectivity index (χ1n) is 6.61. The molecule has 1 atom stereocenters. The second-order valence-corrected chi connectivity index (χ2v) is 7.07. The van der Waals surface area contributed by atoms with Gasteiger partial charge >= 0.3 is 6.09 Å². The van der Waals surface area contributed by atoms with Crippen LogP contribution in [0.3, 0.4) is 0 Å². The Morgan fingerprint density at radius 3 is 2.83 bits per heavy atom. The number of benzene rings is 1. The lowest BCUT2D eigenvalue weighted by Gasteiger charge is -2.09. The van der Waals surface area contributed by atoms with E-state index in [1.807, 2.05) is 0 Å². The first-order valence-corrected chi connectivity index (χ1v) is 8.91. The Labute approximate surface area is 142 Å². The molecule has 24 heavy (non-hydrogen) atoms. The molecule has 1 unspecified atom stereocenters. The maximum Gasteiger partial charge on any atom is 0.442 e. The van der Waals surface area contributed by atoms with Crippen LogP contribution in [0.25, 0.3) is 0 Å². The molecule has 2 rings (SSSR count). The van der Waals surface area contributed by atoms with Gasteiger partial charge < -0.3 is 10.1 Å². The number of rotatable bonds is 4. The van der Waals surface area contributed by atoms with Gasteiger partial charge in [0.25, 0.3) is 0 Å². The van der Waals surface area contributed by atoms with Crippen molar-refractivity contribution < 1.29 is 18.1 Å². The monoisotopic (exact) mass is 373 g/mol. The van der Waals surface area contributed by atoms with Crippen LogP contribution in [0.15, 0.2) is 33.8 Å². The maximum absolute atomic E-state index is 13.8. The third-order valence-corrected chi connectivity index (χ3v) is 4.41. The van der Waals surface area contributed by atoms with E-state index < -0.39 is 21.6 Å². The molecule has 1 N–H and O–H groups in total. The molecular formula is C13H13ClFN5O3S. The van der Waals surface area contributed by atoms with Crippen molar-refractivity contribution in [3.63, 3.8) is 0 Å². The third-order valence-electron chi connectivity index (χ3n) is 2.62. The molecule has 1 amide bonds. The molecule has 11 heteroatoms. The first-order chi connectivity index (χ1) is 11.3. The van der Waals surface area contributed by atoms with Crippen molar-refractivity contribution in [3.05, 3.63) is 35.6 Å². The van der Waals surface area contributed by atoms with Crippen LogP contribution in [0, 0.1) is 5.82 Å². The number of anilines is 2. The summed E-state index contributed by atoms with van der Waals surface area (Å²) in [5, 5.41) is 2.67. The highest BCUT2D eigenvalue weighted by molar-refractivity contribution is 7.93. The van der Waals surface area contributed by atoms with Gasteiger partial charge in [0.05, 0.1) is 21.2 Å². The van der Waals surface area contributed by atoms with Gasteiger partial charge in [-0.15, -0.1) is 4.36 Å². The van der Waals surface area contributed by atoms with Crippen LogP contribution in [0.5, 0.6) is 0 Å². The van der Waals surface area contributed by atoms with E-state index in [2.05, 4.69) is 29.4 Å². The van der Waals surface area contributed by atoms with Gasteiger partial charge in [-0.1, -0.05) is 0 Å². The highest BCUT2D eigenvalue weighted by atomic mass is 35.5. The smallest absolute Gasteiger partial charge is 0.442 e. The van der Waals surface area contributed by atoms with Crippen LogP contribution >= 0.6 is 11.6 Å². The van der Waals surface area contributed by atoms with E-state index in [0.717, 1.165) is 12.1 Å². The summed E-state index contributed by atoms with van der Waals surface area (Å²) in [4.78, 5) is 22.7. The number of hydrogen-bond donors (Lipinski definition) is 1. The van der Waals surface area contributed by atoms with Crippen molar-refractivity contribution in [1.29, 1.82) is 0 Å². The SMILES string of the molecule is CCOC(=O)N=S(C)(=O)c1cc(F)cc(Nc2ncnc(Cl)n2)c1. The Kier molecular flexibility index (Phi) is 5.62. The van der Waals surface area contributed by atoms with E-state index in [1.165, 1.54) is 18.6 Å². The number of nitrogens with zero attached hydrogens (tertiary/aromatic N) is 4. The second-order valence-electron chi connectivity index (χ2n) is 4.47. The Morgan fingerprint density at radius 1 is 1.42 bits per heavy atom. The summed E-state index contributed by atoms with van der Waals surface area (Å²) in [7, 11) is -3.19. The van der Waals surface area contributed by atoms with Gasteiger partial charge in [-0.3, -0.25) is 0 Å². The minimum Gasteiger partial charge on any atom is -0.448 e. The van der Waals surface area contributed by atoms with E-state index in [9.17, 15) is 13.4 Å². The number of halogens is 2. The van der Waals surface area contributed by atoms with Gasteiger partial charge in [-0.25, -0.2) is 23.4 Å². The van der Waals surface area contributed by atoms with Crippen molar-refractivity contribution in [2.75, 3.05) is 18.2 Å². The summed E-state index contributed by atoms with van der Waals surface area (Å²) in [5.74, 6) is -0.597. The third kappa shape index (κ3) is 4.83. The zero-order valence-corrected chi connectivity index (χ0v) is 14.3. The number of ether oxygens (including phenoxy) is 1. The Balaban J connectivity index is 2.38. The average Bonchev–Trinajstić information content (AvgIpc) is 2.46. The summed E-state index contributed by atoms with van der Waals surface area (Å²) in [6.45, 7) is 1.68. The highest BCUT2D eigenvalue weighted by Gasteiger charge is 2.13. The summed E-state index contributed by atoms with van der Waals surface area (Å²) in [6.07, 6.45) is 1.41. The molecule has 0 bridgehead atoms. The van der Waals surface area contributed by atoms with Crippen LogP contribution in [0.4, 0.5) is 20.8 Å². The van der Waals surface area contributed by atoms with Crippen molar-refractivity contribution in [2.45, 2.75) is 11.8 Å². The topological polar surface area (TPSA) is 106 Å². The number of carbonyl (C=O) groups excluding carboxylic acids is 1. The summed E-state index contributed by atoms with van der Waals surface area (Å²) in [5.41, 5.74) is 0.209. The second kappa shape index (κ2) is 7.49. The van der Waals surface area contributed by atoms with Gasteiger partial charge in [0.2, 0.25) is 11.2 Å². The Hall–Kier alpha value is -2.33. The van der Waals surface area contributed by atoms with Crippen LogP contribution in [-0.4, -0.2) is 38.1 Å². The van der Waals surface area contributed by atoms with Crippen LogP contribution in [-0.2, 0) is 14.5 Å². The van der Waals surface area contributed by atoms with Crippen LogP contribution < -0.4 is 5.32 Å². The molecule has 0 aliphatic carbocycles. The van der Waals surface area contributed by atoms with Gasteiger partial charge in [-0.05, 0) is 36.7 Å². The molecule has 0 saturated carbocycles. The van der Waals surface area contributed by atoms with Gasteiger partial charge in [0, 0.05) is 11.9 Å². The van der Waals surface area contributed by atoms with Crippen LogP contribution in [0.2, 0.25) is 5.28 Å². The lowest BCUT2D eigenvalue weighted by atomic mass is 10.3. The molecule has 0 fully saturated rings. The molecule has 1 heterocycles. The number of carbonyl (C=O) groups is 1. The molecule has 0 aliphatic rings. The molecular weight excluding hydrogens is 361 g/mol. The number of aromatic nitrogens is 3. The lowest BCUT2D eigenvalue weighted by Crippen LogP contribution is -2.06. The predicted octanol–water partition coefficient (Wildman–Crippen LogP) is 3.02. The van der Waals surface area contributed by atoms with Crippen molar-refractivity contribution in [2.24, 2.45) is 4.36 Å². The minimum absolute atomic E-state index is 0.0122. The molecule has 1 aromatic heterocycles. The fraction of sp³-hybridized carbons (Fsp3) is 0.231. The Morgan fingerprint density at radius 2 is 2.17 bits per heavy atom. The zero-order valence-electron chi connectivity index (χ0n) is 12.7. The highest BCUT2D eigenvalue weighted by Crippen LogP contribution is 2.22. The summed E-state index contributed by atoms with van der Waals surface area (Å²) >= 11 is 5.64. The molecule has 128 valence electrons. The normalized spacial score (nSPS) is 13.0. The van der Waals surface area contributed by atoms with Crippen LogP contribution in [0.1, 0.15) is 6.92 Å². The van der Waals surface area contributed by atoms with E-state index in [0.29, 0.717) is 0 Å². The van der Waals surface area contributed by atoms with E-state index in [4.69, 9.17) is 11.6 Å². The molecule has 1 aromatic carbocycles. The largest absolute Gasteiger partial charge is 0.448 e. The maximum atomic E-state index is 13.8. The number of nitrogens with one attached hydrogen (secondary N) is 1. The predicted molar refractivity (Wildman–Crippen MR) is 86.3 cm³/mol. The van der Waals surface area contributed by atoms with Gasteiger partial charge in [0.15, 0.2) is 0 Å². The molecule has 0 aliphatic heterocycles. The van der Waals surface area contributed by atoms with Crippen molar-refractivity contribution in [1.82, 2.24) is 15.0 Å². The molecule has 0 spiro atoms. The van der Waals surface area contributed by atoms with E-state index in [1.54, 1.807) is 6.92 Å². The fourth-order valence-corrected chi connectivity index (χ4v) is 2.91. The zero-order chi connectivity index (χ0) is 17.7. The fourth-order valence-electron chi connectivity index (χ4n) is 1.66. The van der Waals surface area contributed by atoms with Gasteiger partial charge in [-0.2, -0.15) is 4.98 Å². The van der Waals surface area contributed by atoms with E-state index in [-0.39, 0.29) is 28.4 Å². The summed E-state index contributed by atoms with van der Waals surface area (Å²) < 4.78 is 34.5. The average molecular weight is 374 g/mol. The Bertz CT molecular complexity index is 886. The number of hydrogen-bond acceptors (Lipinski definition) is 7. The van der Waals surface area contributed by atoms with Crippen molar-refractivity contribution >= 4 is 39.1 Å². The standard InChI is InChI=1S/C13H13ClFN5O3S/c1-3-23-13(21)20-24(2,22)10-5-8(15)4-9(6-10)18-12-17-7-16-11(14)19-12/h4-7H,3H2,1-2H3,(H,16,17,18,19). The van der Waals surface area contributed by atoms with E-state index >= 15 is 0 Å². The summed E-state index contributed by atoms with van der Waals surface area (Å²) in [6, 6.07) is 3.53. The lowest BCUT2D eigenvalue weighted by molar-refractivity contribution is 0.164. The number of amides is 1. The molecule has 0 saturated heterocycles.